The predicted molar refractivity (Wildman–Crippen MR) is 115 cm³/mol. The van der Waals surface area contributed by atoms with Crippen molar-refractivity contribution in [3.8, 4) is 0 Å². The van der Waals surface area contributed by atoms with Crippen molar-refractivity contribution in [3.63, 3.8) is 0 Å². The SMILES string of the molecule is CC[C@@H](C)c1ccccc1N1C[C@H](C(=O)OCC(=O)NCc2ccccc2F)CC1=O. The van der Waals surface area contributed by atoms with Crippen LogP contribution in [0, 0.1) is 11.7 Å². The van der Waals surface area contributed by atoms with Gasteiger partial charge in [0.2, 0.25) is 5.91 Å². The average Bonchev–Trinajstić information content (AvgIpc) is 3.17. The molecule has 0 radical (unpaired) electrons. The second kappa shape index (κ2) is 10.2. The number of amides is 2. The molecule has 1 saturated heterocycles. The maximum absolute atomic E-state index is 13.6. The molecule has 1 aliphatic rings. The van der Waals surface area contributed by atoms with Gasteiger partial charge in [0.25, 0.3) is 5.91 Å². The molecule has 164 valence electrons. The van der Waals surface area contributed by atoms with E-state index in [2.05, 4.69) is 19.2 Å². The minimum atomic E-state index is -0.628. The first-order valence-corrected chi connectivity index (χ1v) is 10.5. The van der Waals surface area contributed by atoms with Crippen LogP contribution < -0.4 is 10.2 Å². The monoisotopic (exact) mass is 426 g/mol. The van der Waals surface area contributed by atoms with Gasteiger partial charge >= 0.3 is 5.97 Å². The zero-order chi connectivity index (χ0) is 22.4. The summed E-state index contributed by atoms with van der Waals surface area (Å²) >= 11 is 0. The summed E-state index contributed by atoms with van der Waals surface area (Å²) in [5.41, 5.74) is 2.24. The van der Waals surface area contributed by atoms with Crippen molar-refractivity contribution in [2.75, 3.05) is 18.1 Å². The van der Waals surface area contributed by atoms with Gasteiger partial charge in [0.05, 0.1) is 5.92 Å². The number of anilines is 1. The van der Waals surface area contributed by atoms with Crippen LogP contribution >= 0.6 is 0 Å². The third-order valence-corrected chi connectivity index (χ3v) is 5.61. The third-order valence-electron chi connectivity index (χ3n) is 5.61. The lowest BCUT2D eigenvalue weighted by Gasteiger charge is -2.23. The van der Waals surface area contributed by atoms with Crippen molar-refractivity contribution in [1.29, 1.82) is 0 Å². The first-order chi connectivity index (χ1) is 14.9. The molecule has 6 nitrogen and oxygen atoms in total. The Kier molecular flexibility index (Phi) is 7.39. The van der Waals surface area contributed by atoms with Crippen molar-refractivity contribution in [2.24, 2.45) is 5.92 Å². The van der Waals surface area contributed by atoms with E-state index in [-0.39, 0.29) is 31.3 Å². The molecule has 1 heterocycles. The van der Waals surface area contributed by atoms with E-state index in [9.17, 15) is 18.8 Å². The number of hydrogen-bond acceptors (Lipinski definition) is 4. The van der Waals surface area contributed by atoms with E-state index in [1.807, 2.05) is 24.3 Å². The van der Waals surface area contributed by atoms with Crippen LogP contribution in [-0.4, -0.2) is 30.9 Å². The molecule has 3 rings (SSSR count). The Balaban J connectivity index is 1.54. The molecule has 0 unspecified atom stereocenters. The third kappa shape index (κ3) is 5.48. The van der Waals surface area contributed by atoms with Gasteiger partial charge in [-0.2, -0.15) is 0 Å². The summed E-state index contributed by atoms with van der Waals surface area (Å²) < 4.78 is 18.7. The van der Waals surface area contributed by atoms with Crippen molar-refractivity contribution in [1.82, 2.24) is 5.32 Å². The van der Waals surface area contributed by atoms with Gasteiger partial charge in [-0.25, -0.2) is 4.39 Å². The molecule has 31 heavy (non-hydrogen) atoms. The zero-order valence-corrected chi connectivity index (χ0v) is 17.8. The van der Waals surface area contributed by atoms with Gasteiger partial charge in [-0.15, -0.1) is 0 Å². The molecule has 1 N–H and O–H groups in total. The zero-order valence-electron chi connectivity index (χ0n) is 17.8. The van der Waals surface area contributed by atoms with E-state index in [0.29, 0.717) is 5.56 Å². The lowest BCUT2D eigenvalue weighted by Crippen LogP contribution is -2.31. The van der Waals surface area contributed by atoms with Crippen LogP contribution in [0.5, 0.6) is 0 Å². The van der Waals surface area contributed by atoms with Gasteiger partial charge in [0, 0.05) is 30.8 Å². The number of benzene rings is 2. The summed E-state index contributed by atoms with van der Waals surface area (Å²) in [6, 6.07) is 13.8. The number of hydrogen-bond donors (Lipinski definition) is 1. The van der Waals surface area contributed by atoms with Crippen LogP contribution in [0.2, 0.25) is 0 Å². The Labute approximate surface area is 181 Å². The molecule has 0 aliphatic carbocycles. The number of esters is 1. The summed E-state index contributed by atoms with van der Waals surface area (Å²) in [6.45, 7) is 3.95. The van der Waals surface area contributed by atoms with Gasteiger partial charge < -0.3 is 15.0 Å². The molecule has 0 saturated carbocycles. The molecule has 2 amide bonds. The Hall–Kier alpha value is -3.22. The van der Waals surface area contributed by atoms with Crippen molar-refractivity contribution in [3.05, 3.63) is 65.5 Å². The fourth-order valence-corrected chi connectivity index (χ4v) is 3.61. The van der Waals surface area contributed by atoms with Crippen LogP contribution in [0.4, 0.5) is 10.1 Å². The van der Waals surface area contributed by atoms with Gasteiger partial charge in [0.15, 0.2) is 6.61 Å². The highest BCUT2D eigenvalue weighted by Crippen LogP contribution is 2.33. The number of carbonyl (C=O) groups excluding carboxylic acids is 3. The van der Waals surface area contributed by atoms with Crippen LogP contribution in [0.3, 0.4) is 0 Å². The molecule has 2 atom stereocenters. The molecule has 2 aromatic rings. The quantitative estimate of drug-likeness (QED) is 0.655. The topological polar surface area (TPSA) is 75.7 Å². The van der Waals surface area contributed by atoms with Crippen LogP contribution in [0.25, 0.3) is 0 Å². The number of para-hydroxylation sites is 1. The van der Waals surface area contributed by atoms with Crippen molar-refractivity contribution >= 4 is 23.5 Å². The van der Waals surface area contributed by atoms with E-state index in [0.717, 1.165) is 17.7 Å². The molecule has 1 aliphatic heterocycles. The minimum absolute atomic E-state index is 0.00511. The van der Waals surface area contributed by atoms with Crippen molar-refractivity contribution < 1.29 is 23.5 Å². The number of nitrogens with one attached hydrogen (secondary N) is 1. The van der Waals surface area contributed by atoms with Gasteiger partial charge in [-0.1, -0.05) is 50.2 Å². The maximum atomic E-state index is 13.6. The molecule has 0 bridgehead atoms. The molecule has 0 spiro atoms. The second-order valence-corrected chi connectivity index (χ2v) is 7.75. The smallest absolute Gasteiger partial charge is 0.311 e. The second-order valence-electron chi connectivity index (χ2n) is 7.75. The summed E-state index contributed by atoms with van der Waals surface area (Å²) in [5.74, 6) is -2.01. The average molecular weight is 426 g/mol. The molecular weight excluding hydrogens is 399 g/mol. The number of halogens is 1. The Morgan fingerprint density at radius 2 is 1.90 bits per heavy atom. The minimum Gasteiger partial charge on any atom is -0.455 e. The normalized spacial score (nSPS) is 16.8. The van der Waals surface area contributed by atoms with Crippen LogP contribution in [0.15, 0.2) is 48.5 Å². The van der Waals surface area contributed by atoms with E-state index < -0.39 is 30.2 Å². The standard InChI is InChI=1S/C24H27FN2O4/c1-3-16(2)19-9-5-7-11-21(19)27-14-18(12-23(27)29)24(30)31-15-22(28)26-13-17-8-4-6-10-20(17)25/h4-11,16,18H,3,12-15H2,1-2H3,(H,26,28)/t16-,18-/m1/s1. The summed E-state index contributed by atoms with van der Waals surface area (Å²) in [7, 11) is 0. The fourth-order valence-electron chi connectivity index (χ4n) is 3.61. The number of rotatable bonds is 8. The lowest BCUT2D eigenvalue weighted by molar-refractivity contribution is -0.152. The number of carbonyl (C=O) groups is 3. The molecular formula is C24H27FN2O4. The van der Waals surface area contributed by atoms with Gasteiger partial charge in [-0.05, 0) is 30.0 Å². The van der Waals surface area contributed by atoms with Crippen LogP contribution in [0.1, 0.15) is 43.7 Å². The fraction of sp³-hybridized carbons (Fsp3) is 0.375. The number of ether oxygens (including phenoxy) is 1. The summed E-state index contributed by atoms with van der Waals surface area (Å²) in [6.07, 6.45) is 0.983. The lowest BCUT2D eigenvalue weighted by atomic mass is 9.96. The molecule has 1 fully saturated rings. The number of nitrogens with zero attached hydrogens (tertiary/aromatic N) is 1. The van der Waals surface area contributed by atoms with Gasteiger partial charge in [-0.3, -0.25) is 14.4 Å². The first-order valence-electron chi connectivity index (χ1n) is 10.5. The highest BCUT2D eigenvalue weighted by molar-refractivity contribution is 6.00. The largest absolute Gasteiger partial charge is 0.455 e. The van der Waals surface area contributed by atoms with Gasteiger partial charge in [0.1, 0.15) is 5.82 Å². The summed E-state index contributed by atoms with van der Waals surface area (Å²) in [5, 5.41) is 2.52. The van der Waals surface area contributed by atoms with E-state index in [4.69, 9.17) is 4.74 Å². The molecule has 0 aromatic heterocycles. The summed E-state index contributed by atoms with van der Waals surface area (Å²) in [4.78, 5) is 38.6. The van der Waals surface area contributed by atoms with E-state index >= 15 is 0 Å². The Morgan fingerprint density at radius 1 is 1.19 bits per heavy atom. The first kappa shape index (κ1) is 22.5. The highest BCUT2D eigenvalue weighted by atomic mass is 19.1. The van der Waals surface area contributed by atoms with Crippen LogP contribution in [-0.2, 0) is 25.7 Å². The Morgan fingerprint density at radius 3 is 2.65 bits per heavy atom. The molecule has 7 heteroatoms. The Bertz CT molecular complexity index is 962. The van der Waals surface area contributed by atoms with E-state index in [1.165, 1.54) is 6.07 Å². The maximum Gasteiger partial charge on any atom is 0.311 e. The molecule has 2 aromatic carbocycles. The van der Waals surface area contributed by atoms with E-state index in [1.54, 1.807) is 23.1 Å². The predicted octanol–water partition coefficient (Wildman–Crippen LogP) is 3.55. The van der Waals surface area contributed by atoms with Crippen molar-refractivity contribution in [2.45, 2.75) is 39.2 Å². The highest BCUT2D eigenvalue weighted by Gasteiger charge is 2.37.